The summed E-state index contributed by atoms with van der Waals surface area (Å²) in [6.45, 7) is 1.62. The van der Waals surface area contributed by atoms with E-state index < -0.39 is 0 Å². The van der Waals surface area contributed by atoms with Crippen LogP contribution in [-0.4, -0.2) is 35.4 Å². The number of pyridine rings is 1. The number of amides is 1. The average Bonchev–Trinajstić information content (AvgIpc) is 2.38. The lowest BCUT2D eigenvalue weighted by atomic mass is 10.0. The fourth-order valence-corrected chi connectivity index (χ4v) is 2.44. The summed E-state index contributed by atoms with van der Waals surface area (Å²) in [4.78, 5) is 18.3. The fraction of sp³-hybridized carbons (Fsp3) is 0.538. The number of anilines is 1. The normalized spacial score (nSPS) is 20.6. The van der Waals surface area contributed by atoms with Crippen LogP contribution in [0.2, 0.25) is 0 Å². The lowest BCUT2D eigenvalue weighted by Crippen LogP contribution is -2.48. The van der Waals surface area contributed by atoms with Crippen molar-refractivity contribution in [2.45, 2.75) is 31.8 Å². The molecule has 1 aromatic heterocycles. The second kappa shape index (κ2) is 5.82. The Kier molecular flexibility index (Phi) is 4.15. The van der Waals surface area contributed by atoms with Gasteiger partial charge in [0.1, 0.15) is 0 Å². The predicted molar refractivity (Wildman–Crippen MR) is 70.8 cm³/mol. The van der Waals surface area contributed by atoms with Crippen molar-refractivity contribution in [3.8, 4) is 0 Å². The van der Waals surface area contributed by atoms with Gasteiger partial charge < -0.3 is 11.1 Å². The number of nitrogen functional groups attached to an aromatic ring is 1. The van der Waals surface area contributed by atoms with Crippen LogP contribution in [0.4, 0.5) is 5.69 Å². The third-order valence-electron chi connectivity index (χ3n) is 3.37. The number of aromatic nitrogens is 1. The van der Waals surface area contributed by atoms with Gasteiger partial charge in [0.2, 0.25) is 5.91 Å². The van der Waals surface area contributed by atoms with Gasteiger partial charge in [0.25, 0.3) is 0 Å². The first-order valence-corrected chi connectivity index (χ1v) is 6.37. The van der Waals surface area contributed by atoms with Crippen molar-refractivity contribution in [3.63, 3.8) is 0 Å². The number of nitrogens with zero attached hydrogens (tertiary/aromatic N) is 2. The van der Waals surface area contributed by atoms with Crippen LogP contribution in [0.5, 0.6) is 0 Å². The molecule has 0 aliphatic carbocycles. The van der Waals surface area contributed by atoms with Crippen LogP contribution >= 0.6 is 0 Å². The van der Waals surface area contributed by atoms with Gasteiger partial charge in [0.05, 0.1) is 11.7 Å². The van der Waals surface area contributed by atoms with Crippen LogP contribution in [-0.2, 0) is 11.3 Å². The van der Waals surface area contributed by atoms with Gasteiger partial charge in [-0.25, -0.2) is 0 Å². The number of hydrogen-bond acceptors (Lipinski definition) is 4. The van der Waals surface area contributed by atoms with Crippen LogP contribution in [0.15, 0.2) is 18.3 Å². The van der Waals surface area contributed by atoms with E-state index in [1.807, 2.05) is 6.07 Å². The van der Waals surface area contributed by atoms with E-state index in [0.29, 0.717) is 12.2 Å². The Labute approximate surface area is 107 Å². The van der Waals surface area contributed by atoms with Crippen LogP contribution < -0.4 is 11.1 Å². The minimum absolute atomic E-state index is 0.0352. The molecule has 5 nitrogen and oxygen atoms in total. The van der Waals surface area contributed by atoms with Gasteiger partial charge in [-0.3, -0.25) is 14.7 Å². The second-order valence-corrected chi connectivity index (χ2v) is 4.68. The molecule has 0 radical (unpaired) electrons. The van der Waals surface area contributed by atoms with Gasteiger partial charge in [-0.15, -0.1) is 0 Å². The Morgan fingerprint density at radius 2 is 2.44 bits per heavy atom. The number of likely N-dealkylation sites (tertiary alicyclic amines) is 1. The first-order valence-electron chi connectivity index (χ1n) is 6.37. The lowest BCUT2D eigenvalue weighted by molar-refractivity contribution is -0.127. The maximum atomic E-state index is 11.8. The number of likely N-dealkylation sites (N-methyl/N-ethyl adjacent to an activating group) is 1. The van der Waals surface area contributed by atoms with E-state index in [1.54, 1.807) is 19.3 Å². The van der Waals surface area contributed by atoms with E-state index in [2.05, 4.69) is 15.2 Å². The molecule has 5 heteroatoms. The van der Waals surface area contributed by atoms with Crippen molar-refractivity contribution in [2.75, 3.05) is 19.3 Å². The predicted octanol–water partition coefficient (Wildman–Crippen LogP) is 0.764. The molecule has 2 heterocycles. The molecule has 1 aliphatic heterocycles. The zero-order valence-electron chi connectivity index (χ0n) is 10.7. The van der Waals surface area contributed by atoms with E-state index in [-0.39, 0.29) is 11.9 Å². The molecule has 1 aromatic rings. The number of carbonyl (C=O) groups excluding carboxylic acids is 1. The summed E-state index contributed by atoms with van der Waals surface area (Å²) in [6, 6.07) is 3.61. The first kappa shape index (κ1) is 12.8. The van der Waals surface area contributed by atoms with E-state index in [0.717, 1.165) is 31.5 Å². The molecule has 3 N–H and O–H groups in total. The summed E-state index contributed by atoms with van der Waals surface area (Å²) in [5.74, 6) is 0.0959. The van der Waals surface area contributed by atoms with Gasteiger partial charge in [-0.2, -0.15) is 0 Å². The molecule has 0 saturated carbocycles. The van der Waals surface area contributed by atoms with E-state index in [9.17, 15) is 4.79 Å². The van der Waals surface area contributed by atoms with Crippen molar-refractivity contribution in [3.05, 3.63) is 24.0 Å². The third kappa shape index (κ3) is 2.98. The Morgan fingerprint density at radius 1 is 1.61 bits per heavy atom. The van der Waals surface area contributed by atoms with Gasteiger partial charge in [0.15, 0.2) is 0 Å². The number of carbonyl (C=O) groups is 1. The summed E-state index contributed by atoms with van der Waals surface area (Å²) >= 11 is 0. The molecular formula is C13H20N4O. The van der Waals surface area contributed by atoms with Crippen molar-refractivity contribution < 1.29 is 4.79 Å². The number of nitrogens with two attached hydrogens (primary N) is 1. The van der Waals surface area contributed by atoms with E-state index in [4.69, 9.17) is 5.73 Å². The summed E-state index contributed by atoms with van der Waals surface area (Å²) in [5, 5.41) is 2.74. The Hall–Kier alpha value is -1.62. The lowest BCUT2D eigenvalue weighted by Gasteiger charge is -2.34. The topological polar surface area (TPSA) is 71.2 Å². The maximum absolute atomic E-state index is 11.8. The van der Waals surface area contributed by atoms with Crippen LogP contribution in [0.1, 0.15) is 25.0 Å². The van der Waals surface area contributed by atoms with Crippen molar-refractivity contribution in [1.29, 1.82) is 0 Å². The van der Waals surface area contributed by atoms with Crippen molar-refractivity contribution in [1.82, 2.24) is 15.2 Å². The maximum Gasteiger partial charge on any atom is 0.237 e. The van der Waals surface area contributed by atoms with Gasteiger partial charge >= 0.3 is 0 Å². The molecule has 18 heavy (non-hydrogen) atoms. The molecule has 1 atom stereocenters. The van der Waals surface area contributed by atoms with Crippen LogP contribution in [0, 0.1) is 0 Å². The number of rotatable bonds is 3. The number of nitrogens with one attached hydrogen (secondary N) is 1. The minimum Gasteiger partial charge on any atom is -0.399 e. The number of hydrogen-bond donors (Lipinski definition) is 2. The van der Waals surface area contributed by atoms with Gasteiger partial charge in [-0.05, 0) is 31.5 Å². The fourth-order valence-electron chi connectivity index (χ4n) is 2.44. The zero-order chi connectivity index (χ0) is 13.0. The average molecular weight is 248 g/mol. The molecule has 0 spiro atoms. The first-order chi connectivity index (χ1) is 8.70. The number of piperidine rings is 1. The highest BCUT2D eigenvalue weighted by molar-refractivity contribution is 5.81. The molecule has 1 amide bonds. The zero-order valence-corrected chi connectivity index (χ0v) is 10.7. The molecule has 1 aliphatic rings. The highest BCUT2D eigenvalue weighted by atomic mass is 16.2. The Morgan fingerprint density at radius 3 is 3.17 bits per heavy atom. The minimum atomic E-state index is -0.0352. The Bertz CT molecular complexity index is 421. The summed E-state index contributed by atoms with van der Waals surface area (Å²) in [6.07, 6.45) is 4.88. The van der Waals surface area contributed by atoms with Crippen LogP contribution in [0.3, 0.4) is 0 Å². The van der Waals surface area contributed by atoms with E-state index in [1.165, 1.54) is 0 Å². The molecule has 2 rings (SSSR count). The molecule has 98 valence electrons. The third-order valence-corrected chi connectivity index (χ3v) is 3.37. The molecule has 0 aromatic carbocycles. The highest BCUT2D eigenvalue weighted by Crippen LogP contribution is 2.19. The van der Waals surface area contributed by atoms with Gasteiger partial charge in [-0.1, -0.05) is 6.42 Å². The summed E-state index contributed by atoms with van der Waals surface area (Å²) in [5.41, 5.74) is 7.38. The molecule has 0 bridgehead atoms. The van der Waals surface area contributed by atoms with Crippen LogP contribution in [0.25, 0.3) is 0 Å². The van der Waals surface area contributed by atoms with E-state index >= 15 is 0 Å². The van der Waals surface area contributed by atoms with Crippen molar-refractivity contribution in [2.24, 2.45) is 0 Å². The quantitative estimate of drug-likeness (QED) is 0.828. The van der Waals surface area contributed by atoms with Crippen molar-refractivity contribution >= 4 is 11.6 Å². The molecule has 1 unspecified atom stereocenters. The summed E-state index contributed by atoms with van der Waals surface area (Å²) in [7, 11) is 1.69. The molecular weight excluding hydrogens is 228 g/mol. The smallest absolute Gasteiger partial charge is 0.237 e. The monoisotopic (exact) mass is 248 g/mol. The van der Waals surface area contributed by atoms with Gasteiger partial charge in [0, 0.05) is 25.5 Å². The second-order valence-electron chi connectivity index (χ2n) is 4.68. The standard InChI is InChI=1S/C13H20N4O/c1-15-13(18)12-4-2-3-7-17(12)9-11-8-10(14)5-6-16-11/h5-6,8,12H,2-4,7,9H2,1H3,(H2,14,16)(H,15,18). The molecule has 1 saturated heterocycles. The largest absolute Gasteiger partial charge is 0.399 e. The Balaban J connectivity index is 2.07. The summed E-state index contributed by atoms with van der Waals surface area (Å²) < 4.78 is 0. The molecule has 1 fully saturated rings. The SMILES string of the molecule is CNC(=O)C1CCCCN1Cc1cc(N)ccn1. The highest BCUT2D eigenvalue weighted by Gasteiger charge is 2.27.